The molecule has 1 saturated heterocycles. The largest absolute Gasteiger partial charge is 0.379 e. The first-order chi connectivity index (χ1) is 13.7. The Morgan fingerprint density at radius 3 is 2.48 bits per heavy atom. The van der Waals surface area contributed by atoms with Gasteiger partial charge in [0.05, 0.1) is 19.8 Å². The average Bonchev–Trinajstić information content (AvgIpc) is 3.20. The molecule has 29 heavy (non-hydrogen) atoms. The first kappa shape index (κ1) is 26.4. The minimum absolute atomic E-state index is 0. The van der Waals surface area contributed by atoms with E-state index in [-0.39, 0.29) is 35.9 Å². The number of carbonyl (C=O) groups is 1. The maximum atomic E-state index is 12.7. The summed E-state index contributed by atoms with van der Waals surface area (Å²) in [6.45, 7) is 7.20. The van der Waals surface area contributed by atoms with E-state index in [1.54, 1.807) is 7.05 Å². The van der Waals surface area contributed by atoms with Gasteiger partial charge in [-0.25, -0.2) is 0 Å². The van der Waals surface area contributed by atoms with E-state index in [0.717, 1.165) is 57.8 Å². The van der Waals surface area contributed by atoms with E-state index in [9.17, 15) is 4.79 Å². The number of ether oxygens (including phenoxy) is 2. The highest BCUT2D eigenvalue weighted by molar-refractivity contribution is 14.0. The van der Waals surface area contributed by atoms with Gasteiger partial charge in [-0.1, -0.05) is 32.6 Å². The Morgan fingerprint density at radius 1 is 1.07 bits per heavy atom. The fraction of sp³-hybridized carbons (Fsp3) is 0.905. The molecule has 1 atom stereocenters. The number of guanidine groups is 1. The van der Waals surface area contributed by atoms with Crippen LogP contribution >= 0.6 is 24.0 Å². The van der Waals surface area contributed by atoms with Crippen LogP contribution in [0.2, 0.25) is 0 Å². The van der Waals surface area contributed by atoms with Gasteiger partial charge in [-0.15, -0.1) is 24.0 Å². The molecule has 1 heterocycles. The van der Waals surface area contributed by atoms with Gasteiger partial charge in [0.2, 0.25) is 5.91 Å². The topological polar surface area (TPSA) is 75.2 Å². The van der Waals surface area contributed by atoms with Crippen LogP contribution in [0.15, 0.2) is 4.99 Å². The molecule has 1 aliphatic heterocycles. The Bertz CT molecular complexity index is 473. The summed E-state index contributed by atoms with van der Waals surface area (Å²) >= 11 is 0. The zero-order valence-electron chi connectivity index (χ0n) is 18.3. The molecule has 170 valence electrons. The molecule has 0 aromatic carbocycles. The third kappa shape index (κ3) is 10.3. The van der Waals surface area contributed by atoms with Crippen molar-refractivity contribution in [3.63, 3.8) is 0 Å². The van der Waals surface area contributed by atoms with E-state index in [0.29, 0.717) is 32.3 Å². The van der Waals surface area contributed by atoms with Crippen LogP contribution in [0.3, 0.4) is 0 Å². The second-order valence-corrected chi connectivity index (χ2v) is 7.83. The maximum absolute atomic E-state index is 12.7. The molecule has 2 aliphatic rings. The van der Waals surface area contributed by atoms with Gasteiger partial charge in [0, 0.05) is 45.2 Å². The molecule has 2 N–H and O–H groups in total. The Kier molecular flexibility index (Phi) is 14.7. The van der Waals surface area contributed by atoms with E-state index in [2.05, 4.69) is 22.5 Å². The number of nitrogens with zero attached hydrogens (tertiary/aromatic N) is 2. The number of nitrogens with one attached hydrogen (secondary N) is 2. The van der Waals surface area contributed by atoms with Crippen molar-refractivity contribution in [1.82, 2.24) is 15.5 Å². The van der Waals surface area contributed by atoms with Gasteiger partial charge < -0.3 is 25.0 Å². The van der Waals surface area contributed by atoms with E-state index < -0.39 is 0 Å². The van der Waals surface area contributed by atoms with Crippen molar-refractivity contribution in [2.75, 3.05) is 53.1 Å². The summed E-state index contributed by atoms with van der Waals surface area (Å²) < 4.78 is 11.0. The Labute approximate surface area is 193 Å². The fourth-order valence-electron chi connectivity index (χ4n) is 3.88. The lowest BCUT2D eigenvalue weighted by molar-refractivity contribution is -0.135. The second-order valence-electron chi connectivity index (χ2n) is 7.83. The third-order valence-corrected chi connectivity index (χ3v) is 5.57. The standard InChI is InChI=1S/C21H40N4O3.HI/c1-3-4-13-27-15-16-28-14-11-23-21(22-2)24-19-10-12-25(17-19)20(26)18-8-6-5-7-9-18;/h18-19H,3-17H2,1-2H3,(H2,22,23,24);1H. The Hall–Kier alpha value is -0.610. The van der Waals surface area contributed by atoms with Gasteiger partial charge in [0.25, 0.3) is 0 Å². The molecule has 1 unspecified atom stereocenters. The lowest BCUT2D eigenvalue weighted by Gasteiger charge is -2.26. The van der Waals surface area contributed by atoms with Crippen LogP contribution in [-0.4, -0.2) is 75.9 Å². The van der Waals surface area contributed by atoms with Crippen molar-refractivity contribution in [2.24, 2.45) is 10.9 Å². The minimum Gasteiger partial charge on any atom is -0.379 e. The smallest absolute Gasteiger partial charge is 0.225 e. The van der Waals surface area contributed by atoms with E-state index >= 15 is 0 Å². The number of rotatable bonds is 11. The molecule has 1 aliphatic carbocycles. The number of carbonyl (C=O) groups excluding carboxylic acids is 1. The first-order valence-electron chi connectivity index (χ1n) is 11.2. The molecule has 2 rings (SSSR count). The van der Waals surface area contributed by atoms with Gasteiger partial charge >= 0.3 is 0 Å². The summed E-state index contributed by atoms with van der Waals surface area (Å²) in [6, 6.07) is 0.270. The molecule has 0 aromatic rings. The van der Waals surface area contributed by atoms with Gasteiger partial charge in [0.1, 0.15) is 0 Å². The summed E-state index contributed by atoms with van der Waals surface area (Å²) in [4.78, 5) is 19.0. The molecular formula is C21H41IN4O3. The normalized spacial score (nSPS) is 20.4. The summed E-state index contributed by atoms with van der Waals surface area (Å²) in [5.74, 6) is 1.40. The molecule has 1 saturated carbocycles. The van der Waals surface area contributed by atoms with Gasteiger partial charge in [-0.3, -0.25) is 9.79 Å². The predicted octanol–water partition coefficient (Wildman–Crippen LogP) is 2.78. The molecule has 8 heteroatoms. The third-order valence-electron chi connectivity index (χ3n) is 5.57. The molecule has 0 bridgehead atoms. The van der Waals surface area contributed by atoms with Gasteiger partial charge in [-0.2, -0.15) is 0 Å². The number of aliphatic imine (C=N–C) groups is 1. The summed E-state index contributed by atoms with van der Waals surface area (Å²) in [5.41, 5.74) is 0. The number of likely N-dealkylation sites (tertiary alicyclic amines) is 1. The van der Waals surface area contributed by atoms with Crippen molar-refractivity contribution in [3.05, 3.63) is 0 Å². The number of halogens is 1. The second kappa shape index (κ2) is 16.1. The maximum Gasteiger partial charge on any atom is 0.225 e. The molecule has 2 fully saturated rings. The lowest BCUT2D eigenvalue weighted by Crippen LogP contribution is -2.46. The van der Waals surface area contributed by atoms with Crippen LogP contribution in [0.4, 0.5) is 0 Å². The molecule has 1 amide bonds. The lowest BCUT2D eigenvalue weighted by atomic mass is 9.88. The van der Waals surface area contributed by atoms with Crippen LogP contribution in [0, 0.1) is 5.92 Å². The van der Waals surface area contributed by atoms with Crippen LogP contribution in [0.1, 0.15) is 58.3 Å². The zero-order chi connectivity index (χ0) is 20.0. The number of amides is 1. The highest BCUT2D eigenvalue weighted by Gasteiger charge is 2.31. The van der Waals surface area contributed by atoms with Crippen LogP contribution in [0.5, 0.6) is 0 Å². The van der Waals surface area contributed by atoms with Crippen molar-refractivity contribution < 1.29 is 14.3 Å². The summed E-state index contributed by atoms with van der Waals surface area (Å²) in [7, 11) is 1.78. The summed E-state index contributed by atoms with van der Waals surface area (Å²) in [5, 5.41) is 6.73. The van der Waals surface area contributed by atoms with Gasteiger partial charge in [0.15, 0.2) is 5.96 Å². The molecular weight excluding hydrogens is 483 g/mol. The van der Waals surface area contributed by atoms with E-state index in [4.69, 9.17) is 9.47 Å². The SMILES string of the molecule is CCCCOCCOCCNC(=NC)NC1CCN(C(=O)C2CCCCC2)C1.I. The molecule has 0 spiro atoms. The van der Waals surface area contributed by atoms with E-state index in [1.807, 2.05) is 4.90 Å². The average molecular weight is 524 g/mol. The molecule has 0 radical (unpaired) electrons. The highest BCUT2D eigenvalue weighted by Crippen LogP contribution is 2.26. The van der Waals surface area contributed by atoms with Crippen LogP contribution in [0.25, 0.3) is 0 Å². The van der Waals surface area contributed by atoms with Crippen LogP contribution in [-0.2, 0) is 14.3 Å². The molecule has 0 aromatic heterocycles. The van der Waals surface area contributed by atoms with Crippen molar-refractivity contribution in [3.8, 4) is 0 Å². The monoisotopic (exact) mass is 524 g/mol. The minimum atomic E-state index is 0. The van der Waals surface area contributed by atoms with Crippen molar-refractivity contribution in [1.29, 1.82) is 0 Å². The van der Waals surface area contributed by atoms with Crippen molar-refractivity contribution in [2.45, 2.75) is 64.3 Å². The quantitative estimate of drug-likeness (QED) is 0.188. The van der Waals surface area contributed by atoms with E-state index in [1.165, 1.54) is 19.3 Å². The van der Waals surface area contributed by atoms with Crippen LogP contribution < -0.4 is 10.6 Å². The Balaban J connectivity index is 0.00000420. The zero-order valence-corrected chi connectivity index (χ0v) is 20.6. The number of hydrogen-bond donors (Lipinski definition) is 2. The van der Waals surface area contributed by atoms with Gasteiger partial charge in [-0.05, 0) is 25.7 Å². The predicted molar refractivity (Wildman–Crippen MR) is 128 cm³/mol. The highest BCUT2D eigenvalue weighted by atomic mass is 127. The van der Waals surface area contributed by atoms with Crippen molar-refractivity contribution >= 4 is 35.8 Å². The number of unbranched alkanes of at least 4 members (excludes halogenated alkanes) is 1. The first-order valence-corrected chi connectivity index (χ1v) is 11.2. The summed E-state index contributed by atoms with van der Waals surface area (Å²) in [6.07, 6.45) is 9.07. The fourth-order valence-corrected chi connectivity index (χ4v) is 3.88. The molecule has 7 nitrogen and oxygen atoms in total. The Morgan fingerprint density at radius 2 is 1.79 bits per heavy atom. The number of hydrogen-bond acceptors (Lipinski definition) is 4.